The Morgan fingerprint density at radius 3 is 2.18 bits per heavy atom. The Balaban J connectivity index is 1.25. The van der Waals surface area contributed by atoms with Gasteiger partial charge in [-0.15, -0.1) is 0 Å². The lowest BCUT2D eigenvalue weighted by atomic mass is 9.87. The minimum absolute atomic E-state index is 0.0153. The van der Waals surface area contributed by atoms with Crippen LogP contribution in [0.2, 0.25) is 0 Å². The third kappa shape index (κ3) is 6.15. The second kappa shape index (κ2) is 10.8. The minimum Gasteiger partial charge on any atom is -0.490 e. The van der Waals surface area contributed by atoms with E-state index in [0.717, 1.165) is 31.4 Å². The summed E-state index contributed by atoms with van der Waals surface area (Å²) in [7, 11) is 0. The maximum Gasteiger partial charge on any atom is 0.420 e. The molecule has 2 aliphatic heterocycles. The molecule has 4 nitrogen and oxygen atoms in total. The van der Waals surface area contributed by atoms with Crippen molar-refractivity contribution in [1.29, 1.82) is 0 Å². The first-order chi connectivity index (χ1) is 18.4. The SMILES string of the molecule is O=C(O)C1CC2CC[C@H](C1)N2CCCc1ccc2c(C(F)(F)F)c(O[C@H]3CC[C@@H](C(F)(F)F)CC3)ccc2c1. The van der Waals surface area contributed by atoms with Crippen LogP contribution in [0.25, 0.3) is 10.8 Å². The number of alkyl halides is 6. The van der Waals surface area contributed by atoms with Gasteiger partial charge in [0.25, 0.3) is 0 Å². The number of hydrogen-bond donors (Lipinski definition) is 1. The van der Waals surface area contributed by atoms with Crippen molar-refractivity contribution in [2.45, 2.75) is 94.7 Å². The van der Waals surface area contributed by atoms with Crippen molar-refractivity contribution in [2.75, 3.05) is 6.54 Å². The molecule has 214 valence electrons. The molecule has 1 aliphatic carbocycles. The molecule has 2 bridgehead atoms. The standard InChI is InChI=1S/C29H33F6NO3/c30-28(31,32)20-5-9-23(10-6-20)39-25-12-4-18-14-17(3-11-24(18)26(25)29(33,34)35)2-1-13-36-21-7-8-22(36)16-19(15-21)27(37)38/h3-4,11-12,14,19-23H,1-2,5-10,13,15-16H2,(H,37,38)/t19?,20-,21-,22?,23+/m1/s1. The molecule has 3 atom stereocenters. The van der Waals surface area contributed by atoms with Gasteiger partial charge in [-0.25, -0.2) is 0 Å². The Labute approximate surface area is 223 Å². The lowest BCUT2D eigenvalue weighted by Gasteiger charge is -2.37. The van der Waals surface area contributed by atoms with Crippen LogP contribution in [0.4, 0.5) is 26.3 Å². The van der Waals surface area contributed by atoms with Gasteiger partial charge in [-0.3, -0.25) is 9.69 Å². The summed E-state index contributed by atoms with van der Waals surface area (Å²) in [4.78, 5) is 13.8. The van der Waals surface area contributed by atoms with Gasteiger partial charge in [-0.05, 0) is 93.2 Å². The summed E-state index contributed by atoms with van der Waals surface area (Å²) in [5.74, 6) is -2.76. The van der Waals surface area contributed by atoms with Gasteiger partial charge in [-0.1, -0.05) is 24.3 Å². The van der Waals surface area contributed by atoms with Crippen molar-refractivity contribution in [1.82, 2.24) is 4.90 Å². The fourth-order valence-corrected chi connectivity index (χ4v) is 6.90. The van der Waals surface area contributed by atoms with Crippen molar-refractivity contribution in [3.63, 3.8) is 0 Å². The third-order valence-corrected chi connectivity index (χ3v) is 8.88. The van der Waals surface area contributed by atoms with Crippen molar-refractivity contribution in [3.05, 3.63) is 41.5 Å². The zero-order chi connectivity index (χ0) is 27.9. The molecule has 5 rings (SSSR count). The fraction of sp³-hybridized carbons (Fsp3) is 0.621. The summed E-state index contributed by atoms with van der Waals surface area (Å²) in [6.07, 6.45) is -4.93. The van der Waals surface area contributed by atoms with Gasteiger partial charge in [0.05, 0.1) is 17.9 Å². The third-order valence-electron chi connectivity index (χ3n) is 8.88. The highest BCUT2D eigenvalue weighted by Crippen LogP contribution is 2.44. The van der Waals surface area contributed by atoms with E-state index in [-0.39, 0.29) is 54.8 Å². The first-order valence-electron chi connectivity index (χ1n) is 13.7. The van der Waals surface area contributed by atoms with Crippen LogP contribution in [0.3, 0.4) is 0 Å². The van der Waals surface area contributed by atoms with Crippen LogP contribution >= 0.6 is 0 Å². The predicted molar refractivity (Wildman–Crippen MR) is 134 cm³/mol. The zero-order valence-electron chi connectivity index (χ0n) is 21.5. The predicted octanol–water partition coefficient (Wildman–Crippen LogP) is 7.62. The van der Waals surface area contributed by atoms with E-state index in [1.165, 1.54) is 12.1 Å². The smallest absolute Gasteiger partial charge is 0.420 e. The molecule has 39 heavy (non-hydrogen) atoms. The summed E-state index contributed by atoms with van der Waals surface area (Å²) >= 11 is 0. The summed E-state index contributed by atoms with van der Waals surface area (Å²) in [5.41, 5.74) is 0.0323. The minimum atomic E-state index is -4.68. The number of aliphatic carboxylic acids is 1. The van der Waals surface area contributed by atoms with E-state index in [2.05, 4.69) is 4.90 Å². The lowest BCUT2D eigenvalue weighted by Crippen LogP contribution is -2.45. The maximum absolute atomic E-state index is 14.1. The van der Waals surface area contributed by atoms with Gasteiger partial charge in [0.2, 0.25) is 0 Å². The van der Waals surface area contributed by atoms with E-state index in [9.17, 15) is 36.2 Å². The van der Waals surface area contributed by atoms with Crippen molar-refractivity contribution >= 4 is 16.7 Å². The Hall–Kier alpha value is -2.49. The molecule has 3 fully saturated rings. The Morgan fingerprint density at radius 2 is 1.59 bits per heavy atom. The number of benzene rings is 2. The number of carboxylic acid groups (broad SMARTS) is 1. The fourth-order valence-electron chi connectivity index (χ4n) is 6.90. The molecular formula is C29H33F6NO3. The highest BCUT2D eigenvalue weighted by Gasteiger charge is 2.44. The molecule has 2 aromatic carbocycles. The average Bonchev–Trinajstić information content (AvgIpc) is 3.09. The molecule has 0 radical (unpaired) electrons. The molecule has 0 amide bonds. The van der Waals surface area contributed by atoms with Gasteiger partial charge in [0.15, 0.2) is 0 Å². The van der Waals surface area contributed by atoms with Crippen LogP contribution in [0.1, 0.15) is 68.9 Å². The molecular weight excluding hydrogens is 524 g/mol. The van der Waals surface area contributed by atoms with E-state index in [4.69, 9.17) is 4.74 Å². The molecule has 2 unspecified atom stereocenters. The van der Waals surface area contributed by atoms with Crippen LogP contribution in [0, 0.1) is 11.8 Å². The molecule has 10 heteroatoms. The first-order valence-corrected chi connectivity index (χ1v) is 13.7. The highest BCUT2D eigenvalue weighted by atomic mass is 19.4. The normalized spacial score (nSPS) is 28.1. The number of piperidine rings is 1. The summed E-state index contributed by atoms with van der Waals surface area (Å²) in [6, 6.07) is 8.37. The molecule has 2 saturated heterocycles. The highest BCUT2D eigenvalue weighted by molar-refractivity contribution is 5.89. The quantitative estimate of drug-likeness (QED) is 0.356. The molecule has 0 spiro atoms. The number of fused-ring (bicyclic) bond motifs is 3. The summed E-state index contributed by atoms with van der Waals surface area (Å²) < 4.78 is 87.0. The van der Waals surface area contributed by atoms with Gasteiger partial charge in [0.1, 0.15) is 11.3 Å². The lowest BCUT2D eigenvalue weighted by molar-refractivity contribution is -0.185. The molecule has 2 heterocycles. The number of hydrogen-bond acceptors (Lipinski definition) is 3. The summed E-state index contributed by atoms with van der Waals surface area (Å²) in [6.45, 7) is 0.830. The number of ether oxygens (including phenoxy) is 1. The number of carboxylic acids is 1. The topological polar surface area (TPSA) is 49.8 Å². The van der Waals surface area contributed by atoms with Crippen LogP contribution in [0.5, 0.6) is 5.75 Å². The molecule has 1 saturated carbocycles. The summed E-state index contributed by atoms with van der Waals surface area (Å²) in [5, 5.41) is 9.83. The van der Waals surface area contributed by atoms with E-state index < -0.39 is 35.9 Å². The number of rotatable bonds is 7. The van der Waals surface area contributed by atoms with E-state index in [1.54, 1.807) is 18.2 Å². The number of aryl methyl sites for hydroxylation is 1. The number of nitrogens with zero attached hydrogens (tertiary/aromatic N) is 1. The van der Waals surface area contributed by atoms with Gasteiger partial charge in [0, 0.05) is 12.1 Å². The monoisotopic (exact) mass is 557 g/mol. The van der Waals surface area contributed by atoms with Crippen molar-refractivity contribution < 1.29 is 41.0 Å². The average molecular weight is 558 g/mol. The van der Waals surface area contributed by atoms with E-state index in [1.807, 2.05) is 0 Å². The van der Waals surface area contributed by atoms with Gasteiger partial charge in [-0.2, -0.15) is 26.3 Å². The largest absolute Gasteiger partial charge is 0.490 e. The first kappa shape index (κ1) is 28.1. The molecule has 1 N–H and O–H groups in total. The number of halogens is 6. The van der Waals surface area contributed by atoms with Crippen LogP contribution < -0.4 is 4.74 Å². The van der Waals surface area contributed by atoms with Crippen LogP contribution in [0.15, 0.2) is 30.3 Å². The van der Waals surface area contributed by atoms with E-state index in [0.29, 0.717) is 24.6 Å². The second-order valence-corrected chi connectivity index (χ2v) is 11.4. The number of carbonyl (C=O) groups is 1. The van der Waals surface area contributed by atoms with E-state index >= 15 is 0 Å². The van der Waals surface area contributed by atoms with Crippen molar-refractivity contribution in [3.8, 4) is 5.75 Å². The van der Waals surface area contributed by atoms with Crippen molar-refractivity contribution in [2.24, 2.45) is 11.8 Å². The molecule has 0 aromatic heterocycles. The zero-order valence-corrected chi connectivity index (χ0v) is 21.5. The van der Waals surface area contributed by atoms with Crippen LogP contribution in [-0.2, 0) is 17.4 Å². The van der Waals surface area contributed by atoms with Gasteiger partial charge < -0.3 is 9.84 Å². The van der Waals surface area contributed by atoms with Gasteiger partial charge >= 0.3 is 18.3 Å². The molecule has 2 aromatic rings. The Kier molecular flexibility index (Phi) is 7.79. The Bertz CT molecular complexity index is 1170. The molecule has 3 aliphatic rings. The maximum atomic E-state index is 14.1. The Morgan fingerprint density at radius 1 is 0.923 bits per heavy atom. The second-order valence-electron chi connectivity index (χ2n) is 11.4. The van der Waals surface area contributed by atoms with Crippen LogP contribution in [-0.4, -0.2) is 46.9 Å².